The van der Waals surface area contributed by atoms with Crippen LogP contribution in [0.1, 0.15) is 19.8 Å². The highest BCUT2D eigenvalue weighted by atomic mass is 29.1. The van der Waals surface area contributed by atoms with Gasteiger partial charge in [-0.15, -0.1) is 0 Å². The van der Waals surface area contributed by atoms with E-state index in [9.17, 15) is 4.79 Å². The third kappa shape index (κ3) is 6.36. The van der Waals surface area contributed by atoms with Gasteiger partial charge in [0, 0.05) is 14.6 Å². The molecule has 0 aliphatic heterocycles. The molecule has 0 N–H and O–H groups in total. The van der Waals surface area contributed by atoms with Crippen molar-refractivity contribution in [3.8, 4) is 0 Å². The van der Waals surface area contributed by atoms with Crippen molar-refractivity contribution in [1.29, 1.82) is 0 Å². The zero-order valence-corrected chi connectivity index (χ0v) is 11.5. The maximum Gasteiger partial charge on any atom is 0.333 e. The molecule has 0 fully saturated rings. The lowest BCUT2D eigenvalue weighted by Crippen LogP contribution is -2.06. The summed E-state index contributed by atoms with van der Waals surface area (Å²) in [6.45, 7) is 5.75. The smallest absolute Gasteiger partial charge is 0.333 e. The molecule has 0 unspecified atom stereocenters. The maximum atomic E-state index is 10.9. The van der Waals surface area contributed by atoms with Crippen LogP contribution in [-0.2, 0) is 9.53 Å². The Balaban J connectivity index is 3.20. The van der Waals surface area contributed by atoms with Gasteiger partial charge in [0.1, 0.15) is 0 Å². The van der Waals surface area contributed by atoms with E-state index in [0.717, 1.165) is 6.42 Å². The predicted octanol–water partition coefficient (Wildman–Crippen LogP) is -0.247. The van der Waals surface area contributed by atoms with E-state index in [1.165, 1.54) is 22.2 Å². The van der Waals surface area contributed by atoms with Crippen LogP contribution in [0.25, 0.3) is 0 Å². The van der Waals surface area contributed by atoms with Crippen LogP contribution in [0.2, 0.25) is 6.04 Å². The molecule has 12 heavy (non-hydrogen) atoms. The zero-order chi connectivity index (χ0) is 9.40. The molecule has 0 bridgehead atoms. The maximum absolute atomic E-state index is 10.9. The van der Waals surface area contributed by atoms with Crippen molar-refractivity contribution in [1.82, 2.24) is 0 Å². The summed E-state index contributed by atoms with van der Waals surface area (Å²) in [6, 6.07) is 1.41. The number of rotatable bonds is 6. The van der Waals surface area contributed by atoms with Gasteiger partial charge in [0.05, 0.1) is 6.61 Å². The Bertz CT molecular complexity index is 157. The van der Waals surface area contributed by atoms with E-state index >= 15 is 0 Å². The van der Waals surface area contributed by atoms with Crippen LogP contribution < -0.4 is 0 Å². The van der Waals surface area contributed by atoms with Crippen LogP contribution in [0.3, 0.4) is 0 Å². The molecule has 0 heterocycles. The molecule has 70 valence electrons. The van der Waals surface area contributed by atoms with Gasteiger partial charge in [-0.2, -0.15) is 0 Å². The third-order valence-corrected chi connectivity index (χ3v) is 4.91. The molecular weight excluding hydrogens is 184 g/mol. The summed E-state index contributed by atoms with van der Waals surface area (Å²) in [5, 5.41) is 0. The number of carbonyl (C=O) groups excluding carboxylic acids is 1. The number of hydrogen-bond acceptors (Lipinski definition) is 2. The van der Waals surface area contributed by atoms with Crippen LogP contribution in [0.4, 0.5) is 0 Å². The predicted molar refractivity (Wildman–Crippen MR) is 58.3 cm³/mol. The minimum atomic E-state index is -0.252. The number of esters is 1. The molecule has 0 aromatic carbocycles. The minimum Gasteiger partial charge on any atom is -0.462 e. The number of unbranched alkanes of at least 4 members (excludes halogenated alkanes) is 1. The first-order valence-electron chi connectivity index (χ1n) is 4.51. The molecule has 0 aromatic rings. The molecule has 0 amide bonds. The van der Waals surface area contributed by atoms with Gasteiger partial charge in [0.15, 0.2) is 0 Å². The standard InChI is InChI=1S/C8H18O2Si2/c1-7(2)8(9)10-5-3-4-6-12-11/h1,3-6,12H2,2,11H3. The Morgan fingerprint density at radius 1 is 1.58 bits per heavy atom. The van der Waals surface area contributed by atoms with E-state index in [1.54, 1.807) is 6.92 Å². The molecule has 0 saturated heterocycles. The fraction of sp³-hybridized carbons (Fsp3) is 0.625. The van der Waals surface area contributed by atoms with Gasteiger partial charge in [-0.3, -0.25) is 0 Å². The Morgan fingerprint density at radius 2 is 2.25 bits per heavy atom. The van der Waals surface area contributed by atoms with Crippen molar-refractivity contribution in [3.63, 3.8) is 0 Å². The number of ether oxygens (including phenoxy) is 1. The first-order valence-corrected chi connectivity index (χ1v) is 11.2. The molecule has 0 radical (unpaired) electrons. The number of hydrogen-bond donors (Lipinski definition) is 0. The second kappa shape index (κ2) is 7.30. The fourth-order valence-electron chi connectivity index (χ4n) is 0.817. The van der Waals surface area contributed by atoms with Crippen LogP contribution in [0.5, 0.6) is 0 Å². The first kappa shape index (κ1) is 11.6. The molecule has 0 aliphatic rings. The molecule has 0 rings (SSSR count). The second-order valence-corrected chi connectivity index (χ2v) is 7.68. The summed E-state index contributed by atoms with van der Waals surface area (Å²) < 4.78 is 4.94. The number of carbonyl (C=O) groups is 1. The van der Waals surface area contributed by atoms with Gasteiger partial charge in [-0.25, -0.2) is 4.79 Å². The summed E-state index contributed by atoms with van der Waals surface area (Å²) >= 11 is 0. The highest BCUT2D eigenvalue weighted by Crippen LogP contribution is 1.97. The molecule has 4 heteroatoms. The normalized spacial score (nSPS) is 10.8. The van der Waals surface area contributed by atoms with Crippen molar-refractivity contribution in [3.05, 3.63) is 12.2 Å². The molecule has 0 spiro atoms. The average molecular weight is 202 g/mol. The lowest BCUT2D eigenvalue weighted by atomic mass is 10.3. The topological polar surface area (TPSA) is 26.3 Å². The SMILES string of the molecule is C=C(C)C(=O)OCCCC[SiH2][SiH3]. The van der Waals surface area contributed by atoms with Crippen molar-refractivity contribution in [2.45, 2.75) is 25.8 Å². The summed E-state index contributed by atoms with van der Waals surface area (Å²) in [7, 11) is 1.75. The van der Waals surface area contributed by atoms with E-state index < -0.39 is 0 Å². The second-order valence-electron chi connectivity index (χ2n) is 2.98. The average Bonchev–Trinajstić information content (AvgIpc) is 2.03. The molecular formula is C8H18O2Si2. The molecule has 0 aromatic heterocycles. The first-order chi connectivity index (χ1) is 5.68. The zero-order valence-electron chi connectivity index (χ0n) is 8.06. The van der Waals surface area contributed by atoms with E-state index in [1.807, 2.05) is 0 Å². The Hall–Kier alpha value is -0.356. The molecule has 0 aliphatic carbocycles. The quantitative estimate of drug-likeness (QED) is 0.257. The van der Waals surface area contributed by atoms with Crippen molar-refractivity contribution in [2.24, 2.45) is 0 Å². The lowest BCUT2D eigenvalue weighted by molar-refractivity contribution is -0.139. The minimum absolute atomic E-state index is 0.252. The highest BCUT2D eigenvalue weighted by Gasteiger charge is 2.00. The van der Waals surface area contributed by atoms with Crippen molar-refractivity contribution in [2.75, 3.05) is 6.61 Å². The van der Waals surface area contributed by atoms with E-state index in [-0.39, 0.29) is 5.97 Å². The van der Waals surface area contributed by atoms with E-state index in [2.05, 4.69) is 6.58 Å². The van der Waals surface area contributed by atoms with Crippen molar-refractivity contribution < 1.29 is 9.53 Å². The summed E-state index contributed by atoms with van der Waals surface area (Å²) in [5.41, 5.74) is 0.493. The molecule has 0 atom stereocenters. The van der Waals surface area contributed by atoms with Gasteiger partial charge in [-0.1, -0.05) is 19.0 Å². The van der Waals surface area contributed by atoms with Crippen LogP contribution in [0.15, 0.2) is 12.2 Å². The van der Waals surface area contributed by atoms with Crippen LogP contribution in [0, 0.1) is 0 Å². The lowest BCUT2D eigenvalue weighted by Gasteiger charge is -2.02. The molecule has 0 saturated carbocycles. The van der Waals surface area contributed by atoms with Gasteiger partial charge in [0.25, 0.3) is 0 Å². The summed E-state index contributed by atoms with van der Waals surface area (Å²) in [6.07, 6.45) is 2.26. The summed E-state index contributed by atoms with van der Waals surface area (Å²) in [5.74, 6) is -0.252. The van der Waals surface area contributed by atoms with Crippen LogP contribution >= 0.6 is 0 Å². The summed E-state index contributed by atoms with van der Waals surface area (Å²) in [4.78, 5) is 10.9. The Kier molecular flexibility index (Phi) is 7.08. The van der Waals surface area contributed by atoms with Gasteiger partial charge in [-0.05, 0) is 23.1 Å². The van der Waals surface area contributed by atoms with Gasteiger partial charge in [0.2, 0.25) is 0 Å². The third-order valence-electron chi connectivity index (χ3n) is 1.58. The molecule has 2 nitrogen and oxygen atoms in total. The Morgan fingerprint density at radius 3 is 2.75 bits per heavy atom. The van der Waals surface area contributed by atoms with Gasteiger partial charge >= 0.3 is 5.97 Å². The fourth-order valence-corrected chi connectivity index (χ4v) is 3.17. The largest absolute Gasteiger partial charge is 0.462 e. The van der Waals surface area contributed by atoms with Crippen LogP contribution in [-0.4, -0.2) is 31.4 Å². The Labute approximate surface area is 79.4 Å². The van der Waals surface area contributed by atoms with E-state index in [4.69, 9.17) is 4.74 Å². The monoisotopic (exact) mass is 202 g/mol. The highest BCUT2D eigenvalue weighted by molar-refractivity contribution is 6.89. The van der Waals surface area contributed by atoms with Gasteiger partial charge < -0.3 is 4.74 Å². The van der Waals surface area contributed by atoms with E-state index in [0.29, 0.717) is 21.2 Å². The van der Waals surface area contributed by atoms with Crippen molar-refractivity contribution >= 4 is 24.8 Å².